The Morgan fingerprint density at radius 3 is 2.33 bits per heavy atom. The van der Waals surface area contributed by atoms with Gasteiger partial charge in [-0.25, -0.2) is 4.39 Å². The first-order valence-electron chi connectivity index (χ1n) is 4.98. The van der Waals surface area contributed by atoms with E-state index in [0.29, 0.717) is 0 Å². The van der Waals surface area contributed by atoms with Gasteiger partial charge in [-0.1, -0.05) is 26.8 Å². The van der Waals surface area contributed by atoms with Crippen LogP contribution in [0.1, 0.15) is 32.4 Å². The van der Waals surface area contributed by atoms with Crippen LogP contribution in [0.4, 0.5) is 4.39 Å². The van der Waals surface area contributed by atoms with Crippen LogP contribution in [-0.4, -0.2) is 7.05 Å². The van der Waals surface area contributed by atoms with Gasteiger partial charge in [-0.3, -0.25) is 0 Å². The fourth-order valence-electron chi connectivity index (χ4n) is 1.79. The largest absolute Gasteiger partial charge is 0.313 e. The predicted octanol–water partition coefficient (Wildman–Crippen LogP) is 3.74. The highest BCUT2D eigenvalue weighted by Crippen LogP contribution is 2.34. The molecule has 1 aromatic carbocycles. The van der Waals surface area contributed by atoms with Gasteiger partial charge in [-0.15, -0.1) is 0 Å². The van der Waals surface area contributed by atoms with Crippen LogP contribution in [0.2, 0.25) is 0 Å². The smallest absolute Gasteiger partial charge is 0.124 e. The number of rotatable bonds is 2. The summed E-state index contributed by atoms with van der Waals surface area (Å²) in [5, 5.41) is 3.29. The Hall–Kier alpha value is -0.160. The van der Waals surface area contributed by atoms with E-state index in [1.807, 2.05) is 13.1 Å². The zero-order chi connectivity index (χ0) is 11.6. The minimum absolute atomic E-state index is 0.118. The first-order valence-corrected chi connectivity index (χ1v) is 6.06. The molecule has 0 bridgehead atoms. The summed E-state index contributed by atoms with van der Waals surface area (Å²) < 4.78 is 14.0. The molecule has 1 N–H and O–H groups in total. The second kappa shape index (κ2) is 4.78. The standard InChI is InChI=1S/C12H17FIN/c1-12(2,3)11(15-4)9-6-5-8(13)7-10(9)14/h5-7,11,15H,1-4H3. The minimum atomic E-state index is -0.174. The summed E-state index contributed by atoms with van der Waals surface area (Å²) in [7, 11) is 1.94. The van der Waals surface area contributed by atoms with Gasteiger partial charge in [0, 0.05) is 9.61 Å². The lowest BCUT2D eigenvalue weighted by atomic mass is 9.82. The van der Waals surface area contributed by atoms with Crippen molar-refractivity contribution in [3.63, 3.8) is 0 Å². The first-order chi connectivity index (χ1) is 6.86. The number of nitrogens with one attached hydrogen (secondary N) is 1. The minimum Gasteiger partial charge on any atom is -0.313 e. The summed E-state index contributed by atoms with van der Waals surface area (Å²) in [4.78, 5) is 0. The molecule has 1 nitrogen and oxygen atoms in total. The monoisotopic (exact) mass is 321 g/mol. The van der Waals surface area contributed by atoms with Crippen molar-refractivity contribution < 1.29 is 4.39 Å². The molecule has 0 amide bonds. The fraction of sp³-hybridized carbons (Fsp3) is 0.500. The van der Waals surface area contributed by atoms with Crippen molar-refractivity contribution in [1.82, 2.24) is 5.32 Å². The number of benzene rings is 1. The van der Waals surface area contributed by atoms with E-state index in [1.165, 1.54) is 6.07 Å². The van der Waals surface area contributed by atoms with Crippen LogP contribution in [0.25, 0.3) is 0 Å². The van der Waals surface area contributed by atoms with E-state index in [0.717, 1.165) is 9.13 Å². The number of halogens is 2. The Balaban J connectivity index is 3.13. The molecular weight excluding hydrogens is 304 g/mol. The molecular formula is C12H17FIN. The summed E-state index contributed by atoms with van der Waals surface area (Å²) in [6.45, 7) is 6.52. The average Bonchev–Trinajstić information content (AvgIpc) is 2.07. The Labute approximate surface area is 105 Å². The fourth-order valence-corrected chi connectivity index (χ4v) is 2.58. The summed E-state index contributed by atoms with van der Waals surface area (Å²) in [5.41, 5.74) is 1.28. The van der Waals surface area contributed by atoms with E-state index in [4.69, 9.17) is 0 Å². The lowest BCUT2D eigenvalue weighted by Gasteiger charge is -2.31. The van der Waals surface area contributed by atoms with Crippen LogP contribution in [-0.2, 0) is 0 Å². The normalized spacial score (nSPS) is 14.0. The Kier molecular flexibility index (Phi) is 4.12. The Bertz CT molecular complexity index is 344. The summed E-state index contributed by atoms with van der Waals surface area (Å²) >= 11 is 2.18. The highest BCUT2D eigenvalue weighted by Gasteiger charge is 2.26. The highest BCUT2D eigenvalue weighted by atomic mass is 127. The maximum Gasteiger partial charge on any atom is 0.124 e. The van der Waals surface area contributed by atoms with Gasteiger partial charge in [0.15, 0.2) is 0 Å². The van der Waals surface area contributed by atoms with Crippen LogP contribution in [0, 0.1) is 14.8 Å². The molecule has 0 radical (unpaired) electrons. The van der Waals surface area contributed by atoms with Gasteiger partial charge in [0.05, 0.1) is 0 Å². The van der Waals surface area contributed by atoms with Gasteiger partial charge in [-0.05, 0) is 52.7 Å². The molecule has 0 aromatic heterocycles. The highest BCUT2D eigenvalue weighted by molar-refractivity contribution is 14.1. The molecule has 0 aliphatic heterocycles. The molecule has 84 valence electrons. The van der Waals surface area contributed by atoms with Gasteiger partial charge >= 0.3 is 0 Å². The molecule has 1 atom stereocenters. The average molecular weight is 321 g/mol. The van der Waals surface area contributed by atoms with Gasteiger partial charge < -0.3 is 5.32 Å². The summed E-state index contributed by atoms with van der Waals surface area (Å²) in [6.07, 6.45) is 0. The second-order valence-corrected chi connectivity index (χ2v) is 5.92. The lowest BCUT2D eigenvalue weighted by Crippen LogP contribution is -2.30. The van der Waals surface area contributed by atoms with E-state index in [9.17, 15) is 4.39 Å². The van der Waals surface area contributed by atoms with Gasteiger partial charge in [0.1, 0.15) is 5.82 Å². The lowest BCUT2D eigenvalue weighted by molar-refractivity contribution is 0.286. The third-order valence-corrected chi connectivity index (χ3v) is 3.36. The summed E-state index contributed by atoms with van der Waals surface area (Å²) in [5.74, 6) is -0.174. The van der Waals surface area contributed by atoms with Crippen molar-refractivity contribution in [2.75, 3.05) is 7.05 Å². The number of hydrogen-bond donors (Lipinski definition) is 1. The molecule has 0 aliphatic carbocycles. The SMILES string of the molecule is CNC(c1ccc(F)cc1I)C(C)(C)C. The van der Waals surface area contributed by atoms with E-state index in [1.54, 1.807) is 6.07 Å². The zero-order valence-corrected chi connectivity index (χ0v) is 11.7. The molecule has 0 heterocycles. The molecule has 15 heavy (non-hydrogen) atoms. The van der Waals surface area contributed by atoms with Gasteiger partial charge in [0.25, 0.3) is 0 Å². The van der Waals surface area contributed by atoms with Crippen LogP contribution in [0.3, 0.4) is 0 Å². The molecule has 1 aromatic rings. The molecule has 0 aliphatic rings. The van der Waals surface area contributed by atoms with E-state index < -0.39 is 0 Å². The van der Waals surface area contributed by atoms with E-state index >= 15 is 0 Å². The molecule has 0 fully saturated rings. The quantitative estimate of drug-likeness (QED) is 0.819. The third-order valence-electron chi connectivity index (χ3n) is 2.43. The van der Waals surface area contributed by atoms with Crippen molar-refractivity contribution in [2.45, 2.75) is 26.8 Å². The first kappa shape index (κ1) is 12.9. The van der Waals surface area contributed by atoms with E-state index in [2.05, 4.69) is 48.7 Å². The maximum atomic E-state index is 13.0. The maximum absolute atomic E-state index is 13.0. The van der Waals surface area contributed by atoms with Crippen molar-refractivity contribution in [2.24, 2.45) is 5.41 Å². The molecule has 1 unspecified atom stereocenters. The van der Waals surface area contributed by atoms with E-state index in [-0.39, 0.29) is 17.3 Å². The molecule has 3 heteroatoms. The van der Waals surface area contributed by atoms with Crippen LogP contribution < -0.4 is 5.32 Å². The molecule has 0 saturated carbocycles. The van der Waals surface area contributed by atoms with Gasteiger partial charge in [-0.2, -0.15) is 0 Å². The Morgan fingerprint density at radius 1 is 1.33 bits per heavy atom. The summed E-state index contributed by atoms with van der Waals surface area (Å²) in [6, 6.07) is 5.20. The van der Waals surface area contributed by atoms with Crippen molar-refractivity contribution in [3.05, 3.63) is 33.1 Å². The molecule has 0 saturated heterocycles. The third kappa shape index (κ3) is 3.14. The van der Waals surface area contributed by atoms with Crippen LogP contribution >= 0.6 is 22.6 Å². The van der Waals surface area contributed by atoms with Crippen LogP contribution in [0.15, 0.2) is 18.2 Å². The predicted molar refractivity (Wildman–Crippen MR) is 70.4 cm³/mol. The topological polar surface area (TPSA) is 12.0 Å². The zero-order valence-electron chi connectivity index (χ0n) is 9.57. The van der Waals surface area contributed by atoms with Crippen molar-refractivity contribution >= 4 is 22.6 Å². The number of hydrogen-bond acceptors (Lipinski definition) is 1. The Morgan fingerprint density at radius 2 is 1.93 bits per heavy atom. The molecule has 1 rings (SSSR count). The van der Waals surface area contributed by atoms with Crippen molar-refractivity contribution in [3.8, 4) is 0 Å². The van der Waals surface area contributed by atoms with Gasteiger partial charge in [0.2, 0.25) is 0 Å². The van der Waals surface area contributed by atoms with Crippen molar-refractivity contribution in [1.29, 1.82) is 0 Å². The van der Waals surface area contributed by atoms with Crippen LogP contribution in [0.5, 0.6) is 0 Å². The second-order valence-electron chi connectivity index (χ2n) is 4.75. The molecule has 0 spiro atoms.